The van der Waals surface area contributed by atoms with E-state index in [1.807, 2.05) is 6.08 Å². The van der Waals surface area contributed by atoms with Gasteiger partial charge >= 0.3 is 0 Å². The fourth-order valence-corrected chi connectivity index (χ4v) is 17.3. The summed E-state index contributed by atoms with van der Waals surface area (Å²) in [5.74, 6) is 10.0. The zero-order valence-electron chi connectivity index (χ0n) is 34.7. The van der Waals surface area contributed by atoms with Crippen molar-refractivity contribution in [2.45, 2.75) is 134 Å². The van der Waals surface area contributed by atoms with Crippen molar-refractivity contribution in [2.24, 2.45) is 64.1 Å². The number of aromatic nitrogens is 2. The van der Waals surface area contributed by atoms with Crippen molar-refractivity contribution in [3.05, 3.63) is 41.5 Å². The molecule has 12 aliphatic carbocycles. The normalized spacial score (nSPS) is 46.3. The standard InChI is InChI=1S/C49H66N6O2/c1-46-9-7-37(56)21-36(46)3-4-38-39-5-6-41(47(39,2)10-8-40(38)46)42(57)29-54-11-13-55(14-12-54)44-22-43(52-48-23-30-15-31(24-48)17-32(16-30)25-48)50-45(51-44)53-49-26-33-18-34(27-49)20-35(19-33)28-49/h7-9,21-22,30-35,38-39,41H,3-6,10-20,23-29H2,1-2H3,(H2,50,51,52,53)/t30?,31?,32?,33?,34?,35?,38-,39-,41+,46-,47-,48?,49?/m0/s1. The number of hydrogen-bond donors (Lipinski definition) is 2. The van der Waals surface area contributed by atoms with Crippen LogP contribution in [0.4, 0.5) is 17.6 Å². The number of rotatable bonds is 8. The van der Waals surface area contributed by atoms with Crippen molar-refractivity contribution in [1.82, 2.24) is 14.9 Å². The number of allylic oxidation sites excluding steroid dienone is 6. The second-order valence-corrected chi connectivity index (χ2v) is 22.7. The van der Waals surface area contributed by atoms with Gasteiger partial charge in [0.05, 0.1) is 6.54 Å². The predicted octanol–water partition coefficient (Wildman–Crippen LogP) is 8.77. The largest absolute Gasteiger partial charge is 0.364 e. The summed E-state index contributed by atoms with van der Waals surface area (Å²) in [6, 6.07) is 2.28. The maximum absolute atomic E-state index is 14.3. The lowest BCUT2D eigenvalue weighted by Gasteiger charge is -2.57. The SMILES string of the molecule is C[C@]12C=CC(=O)C=C1CC[C@@H]1C2=CC[C@]2(C)[C@@H](C(=O)CN3CCN(c4cc(NC56CC7CC(CC(C7)C5)C6)nc(NC56CC7CC(CC(C7)C5)C6)n4)CC3)CC[C@@H]12. The molecule has 13 aliphatic rings. The average molecular weight is 771 g/mol. The number of Topliss-reactive ketones (excluding diaryl/α,β-unsaturated/α-hetero) is 1. The molecule has 2 heterocycles. The van der Waals surface area contributed by atoms with Crippen molar-refractivity contribution < 1.29 is 9.59 Å². The van der Waals surface area contributed by atoms with E-state index in [0.717, 1.165) is 111 Å². The second kappa shape index (κ2) is 12.8. The highest BCUT2D eigenvalue weighted by molar-refractivity contribution is 6.01. The van der Waals surface area contributed by atoms with E-state index in [1.54, 1.807) is 6.08 Å². The van der Waals surface area contributed by atoms with Gasteiger partial charge in [0.2, 0.25) is 5.95 Å². The minimum absolute atomic E-state index is 0.0278. The van der Waals surface area contributed by atoms with Crippen molar-refractivity contribution >= 4 is 29.2 Å². The van der Waals surface area contributed by atoms with E-state index >= 15 is 0 Å². The summed E-state index contributed by atoms with van der Waals surface area (Å²) < 4.78 is 0. The molecular formula is C49H66N6O2. The predicted molar refractivity (Wildman–Crippen MR) is 225 cm³/mol. The fraction of sp³-hybridized carbons (Fsp3) is 0.755. The van der Waals surface area contributed by atoms with Crippen LogP contribution in [0.5, 0.6) is 0 Å². The van der Waals surface area contributed by atoms with Gasteiger partial charge < -0.3 is 15.5 Å². The first kappa shape index (κ1) is 35.9. The third-order valence-electron chi connectivity index (χ3n) is 19.0. The van der Waals surface area contributed by atoms with Crippen LogP contribution in [0.3, 0.4) is 0 Å². The number of carbonyl (C=O) groups is 2. The molecule has 0 radical (unpaired) electrons. The first-order chi connectivity index (χ1) is 27.5. The highest BCUT2D eigenvalue weighted by atomic mass is 16.1. The molecule has 1 saturated heterocycles. The Balaban J connectivity index is 0.745. The van der Waals surface area contributed by atoms with Gasteiger partial charge in [-0.05, 0) is 181 Å². The first-order valence-corrected chi connectivity index (χ1v) is 23.6. The summed E-state index contributed by atoms with van der Waals surface area (Å²) in [5.41, 5.74) is 3.08. The molecule has 0 spiro atoms. The molecule has 0 unspecified atom stereocenters. The maximum Gasteiger partial charge on any atom is 0.227 e. The van der Waals surface area contributed by atoms with E-state index in [4.69, 9.17) is 9.97 Å². The molecule has 10 saturated carbocycles. The molecule has 2 N–H and O–H groups in total. The number of ketones is 2. The van der Waals surface area contributed by atoms with Gasteiger partial charge in [-0.1, -0.05) is 30.2 Å². The van der Waals surface area contributed by atoms with Crippen LogP contribution in [0.2, 0.25) is 0 Å². The zero-order valence-corrected chi connectivity index (χ0v) is 34.7. The van der Waals surface area contributed by atoms with Crippen molar-refractivity contribution in [3.63, 3.8) is 0 Å². The Hall–Kier alpha value is -3.00. The van der Waals surface area contributed by atoms with Crippen LogP contribution in [0.15, 0.2) is 41.5 Å². The summed E-state index contributed by atoms with van der Waals surface area (Å²) in [6.45, 7) is 8.89. The summed E-state index contributed by atoms with van der Waals surface area (Å²) in [5, 5.41) is 8.22. The molecule has 1 aromatic heterocycles. The summed E-state index contributed by atoms with van der Waals surface area (Å²) in [7, 11) is 0. The minimum atomic E-state index is -0.124. The Morgan fingerprint density at radius 2 is 1.40 bits per heavy atom. The topological polar surface area (TPSA) is 90.5 Å². The van der Waals surface area contributed by atoms with Gasteiger partial charge in [0.25, 0.3) is 0 Å². The smallest absolute Gasteiger partial charge is 0.227 e. The van der Waals surface area contributed by atoms with Crippen LogP contribution in [0.1, 0.15) is 123 Å². The van der Waals surface area contributed by atoms with Crippen LogP contribution < -0.4 is 15.5 Å². The van der Waals surface area contributed by atoms with Gasteiger partial charge in [-0.3, -0.25) is 14.5 Å². The monoisotopic (exact) mass is 771 g/mol. The summed E-state index contributed by atoms with van der Waals surface area (Å²) >= 11 is 0. The molecule has 57 heavy (non-hydrogen) atoms. The zero-order chi connectivity index (χ0) is 38.3. The average Bonchev–Trinajstić information content (AvgIpc) is 3.51. The van der Waals surface area contributed by atoms with Crippen LogP contribution in [0.25, 0.3) is 0 Å². The van der Waals surface area contributed by atoms with E-state index in [1.165, 1.54) is 88.2 Å². The number of nitrogens with zero attached hydrogens (tertiary/aromatic N) is 4. The Bertz CT molecular complexity index is 1820. The van der Waals surface area contributed by atoms with E-state index in [-0.39, 0.29) is 33.6 Å². The lowest BCUT2D eigenvalue weighted by molar-refractivity contribution is -0.128. The molecule has 5 atom stereocenters. The Labute approximate surface area is 340 Å². The number of anilines is 3. The van der Waals surface area contributed by atoms with E-state index in [0.29, 0.717) is 24.2 Å². The number of carbonyl (C=O) groups excluding carboxylic acids is 2. The molecule has 1 aliphatic heterocycles. The van der Waals surface area contributed by atoms with E-state index in [9.17, 15) is 9.59 Å². The molecule has 0 amide bonds. The molecule has 1 aromatic rings. The molecular weight excluding hydrogens is 705 g/mol. The van der Waals surface area contributed by atoms with E-state index < -0.39 is 0 Å². The third-order valence-corrected chi connectivity index (χ3v) is 19.0. The number of nitrogens with one attached hydrogen (secondary N) is 2. The highest BCUT2D eigenvalue weighted by Crippen LogP contribution is 2.64. The number of fused-ring (bicyclic) bond motifs is 5. The quantitative estimate of drug-likeness (QED) is 0.254. The molecule has 14 rings (SSSR count). The van der Waals surface area contributed by atoms with Crippen LogP contribution in [-0.4, -0.2) is 70.2 Å². The minimum Gasteiger partial charge on any atom is -0.364 e. The lowest BCUT2D eigenvalue weighted by Crippen LogP contribution is -2.55. The molecule has 8 heteroatoms. The van der Waals surface area contributed by atoms with Crippen LogP contribution >= 0.6 is 0 Å². The van der Waals surface area contributed by atoms with Crippen LogP contribution in [0, 0.1) is 64.1 Å². The fourth-order valence-electron chi connectivity index (χ4n) is 17.3. The Morgan fingerprint density at radius 3 is 2.04 bits per heavy atom. The van der Waals surface area contributed by atoms with Gasteiger partial charge in [-0.15, -0.1) is 0 Å². The van der Waals surface area contributed by atoms with Crippen molar-refractivity contribution in [3.8, 4) is 0 Å². The van der Waals surface area contributed by atoms with Crippen molar-refractivity contribution in [1.29, 1.82) is 0 Å². The molecule has 11 fully saturated rings. The Kier molecular flexibility index (Phi) is 8.03. The summed E-state index contributed by atoms with van der Waals surface area (Å²) in [6.07, 6.45) is 30.0. The van der Waals surface area contributed by atoms with Gasteiger partial charge in [0.15, 0.2) is 5.78 Å². The number of hydrogen-bond acceptors (Lipinski definition) is 8. The third kappa shape index (κ3) is 5.89. The van der Waals surface area contributed by atoms with E-state index in [2.05, 4.69) is 52.5 Å². The van der Waals surface area contributed by atoms with Gasteiger partial charge in [-0.2, -0.15) is 9.97 Å². The maximum atomic E-state index is 14.3. The second-order valence-electron chi connectivity index (χ2n) is 22.7. The van der Waals surface area contributed by atoms with Gasteiger partial charge in [0, 0.05) is 54.7 Å². The summed E-state index contributed by atoms with van der Waals surface area (Å²) in [4.78, 5) is 42.2. The van der Waals surface area contributed by atoms with Gasteiger partial charge in [0.1, 0.15) is 17.4 Å². The van der Waals surface area contributed by atoms with Crippen LogP contribution in [-0.2, 0) is 9.59 Å². The molecule has 8 nitrogen and oxygen atoms in total. The molecule has 0 aromatic carbocycles. The van der Waals surface area contributed by atoms with Gasteiger partial charge in [-0.25, -0.2) is 0 Å². The first-order valence-electron chi connectivity index (χ1n) is 23.6. The van der Waals surface area contributed by atoms with Crippen molar-refractivity contribution in [2.75, 3.05) is 48.3 Å². The molecule has 304 valence electrons. The lowest BCUT2D eigenvalue weighted by atomic mass is 9.52. The Morgan fingerprint density at radius 1 is 0.789 bits per heavy atom. The number of piperazine rings is 1. The highest BCUT2D eigenvalue weighted by Gasteiger charge is 2.57. The molecule has 8 bridgehead atoms.